The largest absolute Gasteiger partial charge is 0.339 e. The van der Waals surface area contributed by atoms with Crippen LogP contribution in [0.4, 0.5) is 0 Å². The van der Waals surface area contributed by atoms with Crippen LogP contribution in [-0.2, 0) is 5.88 Å². The molecule has 2 nitrogen and oxygen atoms in total. The second kappa shape index (κ2) is 4.23. The molecule has 0 atom stereocenters. The Hall–Kier alpha value is -1.02. The van der Waals surface area contributed by atoms with Gasteiger partial charge in [0.25, 0.3) is 5.91 Å². The predicted molar refractivity (Wildman–Crippen MR) is 61.1 cm³/mol. The fourth-order valence-electron chi connectivity index (χ4n) is 1.57. The van der Waals surface area contributed by atoms with E-state index in [-0.39, 0.29) is 5.91 Å². The minimum atomic E-state index is 0.110. The van der Waals surface area contributed by atoms with Crippen molar-refractivity contribution in [2.45, 2.75) is 24.8 Å². The monoisotopic (exact) mass is 223 g/mol. The number of halogens is 1. The van der Waals surface area contributed by atoms with Gasteiger partial charge in [-0.1, -0.05) is 12.1 Å². The molecule has 1 aliphatic carbocycles. The molecule has 0 radical (unpaired) electrons. The van der Waals surface area contributed by atoms with Gasteiger partial charge in [0.1, 0.15) is 0 Å². The third-order valence-corrected chi connectivity index (χ3v) is 3.08. The first kappa shape index (κ1) is 10.5. The Labute approximate surface area is 94.8 Å². The normalized spacial score (nSPS) is 15.1. The third kappa shape index (κ3) is 2.32. The van der Waals surface area contributed by atoms with Crippen molar-refractivity contribution in [1.82, 2.24) is 4.90 Å². The molecule has 80 valence electrons. The number of rotatable bonds is 3. The molecular formula is C12H14ClNO. The van der Waals surface area contributed by atoms with Crippen molar-refractivity contribution in [3.63, 3.8) is 0 Å². The highest BCUT2D eigenvalue weighted by Crippen LogP contribution is 2.26. The van der Waals surface area contributed by atoms with Gasteiger partial charge in [0.2, 0.25) is 0 Å². The molecular weight excluding hydrogens is 210 g/mol. The van der Waals surface area contributed by atoms with Crippen molar-refractivity contribution in [2.24, 2.45) is 0 Å². The molecule has 0 aliphatic heterocycles. The second-order valence-electron chi connectivity index (χ2n) is 3.98. The van der Waals surface area contributed by atoms with Gasteiger partial charge in [0, 0.05) is 24.5 Å². The SMILES string of the molecule is CN(C(=O)c1ccc(CCl)cc1)C1CC1. The Balaban J connectivity index is 2.10. The Morgan fingerprint density at radius 2 is 2.00 bits per heavy atom. The molecule has 0 spiro atoms. The fourth-order valence-corrected chi connectivity index (χ4v) is 1.75. The average molecular weight is 224 g/mol. The predicted octanol–water partition coefficient (Wildman–Crippen LogP) is 2.66. The second-order valence-corrected chi connectivity index (χ2v) is 4.25. The number of benzene rings is 1. The minimum absolute atomic E-state index is 0.110. The van der Waals surface area contributed by atoms with Crippen molar-refractivity contribution in [1.29, 1.82) is 0 Å². The van der Waals surface area contributed by atoms with Crippen LogP contribution in [0.15, 0.2) is 24.3 Å². The molecule has 1 amide bonds. The first-order valence-electron chi connectivity index (χ1n) is 5.14. The number of hydrogen-bond donors (Lipinski definition) is 0. The summed E-state index contributed by atoms with van der Waals surface area (Å²) >= 11 is 5.69. The zero-order chi connectivity index (χ0) is 10.8. The van der Waals surface area contributed by atoms with Crippen LogP contribution >= 0.6 is 11.6 Å². The van der Waals surface area contributed by atoms with Gasteiger partial charge >= 0.3 is 0 Å². The Kier molecular flexibility index (Phi) is 2.96. The van der Waals surface area contributed by atoms with Crippen molar-refractivity contribution in [3.05, 3.63) is 35.4 Å². The molecule has 1 saturated carbocycles. The van der Waals surface area contributed by atoms with E-state index in [1.54, 1.807) is 0 Å². The number of nitrogens with zero attached hydrogens (tertiary/aromatic N) is 1. The molecule has 1 fully saturated rings. The smallest absolute Gasteiger partial charge is 0.253 e. The quantitative estimate of drug-likeness (QED) is 0.722. The number of amides is 1. The van der Waals surface area contributed by atoms with Crippen molar-refractivity contribution >= 4 is 17.5 Å². The molecule has 3 heteroatoms. The molecule has 0 aromatic heterocycles. The van der Waals surface area contributed by atoms with Crippen LogP contribution in [0, 0.1) is 0 Å². The van der Waals surface area contributed by atoms with Crippen LogP contribution in [-0.4, -0.2) is 23.9 Å². The Morgan fingerprint density at radius 3 is 2.47 bits per heavy atom. The van der Waals surface area contributed by atoms with E-state index in [4.69, 9.17) is 11.6 Å². The van der Waals surface area contributed by atoms with Gasteiger partial charge in [-0.2, -0.15) is 0 Å². The van der Waals surface area contributed by atoms with E-state index in [1.165, 1.54) is 0 Å². The number of carbonyl (C=O) groups excluding carboxylic acids is 1. The molecule has 0 heterocycles. The van der Waals surface area contributed by atoms with Gasteiger partial charge in [-0.3, -0.25) is 4.79 Å². The molecule has 1 aromatic rings. The van der Waals surface area contributed by atoms with E-state index in [0.29, 0.717) is 11.9 Å². The maximum Gasteiger partial charge on any atom is 0.253 e. The van der Waals surface area contributed by atoms with Gasteiger partial charge in [0.05, 0.1) is 0 Å². The molecule has 15 heavy (non-hydrogen) atoms. The summed E-state index contributed by atoms with van der Waals surface area (Å²) in [5, 5.41) is 0. The van der Waals surface area contributed by atoms with Crippen LogP contribution in [0.25, 0.3) is 0 Å². The van der Waals surface area contributed by atoms with Gasteiger partial charge in [-0.05, 0) is 30.5 Å². The number of hydrogen-bond acceptors (Lipinski definition) is 1. The van der Waals surface area contributed by atoms with Crippen LogP contribution in [0.2, 0.25) is 0 Å². The van der Waals surface area contributed by atoms with Crippen LogP contribution in [0.1, 0.15) is 28.8 Å². The highest BCUT2D eigenvalue weighted by Gasteiger charge is 2.29. The highest BCUT2D eigenvalue weighted by atomic mass is 35.5. The fraction of sp³-hybridized carbons (Fsp3) is 0.417. The summed E-state index contributed by atoms with van der Waals surface area (Å²) in [7, 11) is 1.87. The lowest BCUT2D eigenvalue weighted by Crippen LogP contribution is -2.28. The maximum absolute atomic E-state index is 11.9. The highest BCUT2D eigenvalue weighted by molar-refractivity contribution is 6.17. The first-order valence-corrected chi connectivity index (χ1v) is 5.68. The summed E-state index contributed by atoms with van der Waals surface area (Å²) in [6.45, 7) is 0. The van der Waals surface area contributed by atoms with Gasteiger partial charge in [-0.15, -0.1) is 11.6 Å². The maximum atomic E-state index is 11.9. The summed E-state index contributed by atoms with van der Waals surface area (Å²) in [6.07, 6.45) is 2.28. The zero-order valence-electron chi connectivity index (χ0n) is 8.74. The zero-order valence-corrected chi connectivity index (χ0v) is 9.50. The molecule has 0 bridgehead atoms. The first-order chi connectivity index (χ1) is 7.22. The Morgan fingerprint density at radius 1 is 1.40 bits per heavy atom. The van der Waals surface area contributed by atoms with E-state index >= 15 is 0 Å². The molecule has 1 aliphatic rings. The molecule has 0 unspecified atom stereocenters. The third-order valence-electron chi connectivity index (χ3n) is 2.77. The van der Waals surface area contributed by atoms with Crippen molar-refractivity contribution < 1.29 is 4.79 Å². The van der Waals surface area contributed by atoms with Gasteiger partial charge in [-0.25, -0.2) is 0 Å². The molecule has 2 rings (SSSR count). The van der Waals surface area contributed by atoms with Crippen LogP contribution < -0.4 is 0 Å². The van der Waals surface area contributed by atoms with Crippen molar-refractivity contribution in [3.8, 4) is 0 Å². The van der Waals surface area contributed by atoms with E-state index in [9.17, 15) is 4.79 Å². The molecule has 0 saturated heterocycles. The Bertz CT molecular complexity index is 356. The van der Waals surface area contributed by atoms with Gasteiger partial charge < -0.3 is 4.90 Å². The summed E-state index contributed by atoms with van der Waals surface area (Å²) in [6, 6.07) is 7.96. The standard InChI is InChI=1S/C12H14ClNO/c1-14(11-6-7-11)12(15)10-4-2-9(8-13)3-5-10/h2-5,11H,6-8H2,1H3. The van der Waals surface area contributed by atoms with E-state index in [2.05, 4.69) is 0 Å². The number of alkyl halides is 1. The lowest BCUT2D eigenvalue weighted by atomic mass is 10.1. The summed E-state index contributed by atoms with van der Waals surface area (Å²) in [5.74, 6) is 0.603. The van der Waals surface area contributed by atoms with Gasteiger partial charge in [0.15, 0.2) is 0 Å². The lowest BCUT2D eigenvalue weighted by molar-refractivity contribution is 0.0785. The summed E-state index contributed by atoms with van der Waals surface area (Å²) < 4.78 is 0. The minimum Gasteiger partial charge on any atom is -0.339 e. The lowest BCUT2D eigenvalue weighted by Gasteiger charge is -2.16. The average Bonchev–Trinajstić information content (AvgIpc) is 3.11. The topological polar surface area (TPSA) is 20.3 Å². The van der Waals surface area contributed by atoms with E-state index in [0.717, 1.165) is 24.0 Å². The van der Waals surface area contributed by atoms with Crippen LogP contribution in [0.5, 0.6) is 0 Å². The van der Waals surface area contributed by atoms with Crippen LogP contribution in [0.3, 0.4) is 0 Å². The molecule has 0 N–H and O–H groups in total. The summed E-state index contributed by atoms with van der Waals surface area (Å²) in [4.78, 5) is 13.7. The summed E-state index contributed by atoms with van der Waals surface area (Å²) in [5.41, 5.74) is 1.79. The van der Waals surface area contributed by atoms with E-state index in [1.807, 2.05) is 36.2 Å². The number of carbonyl (C=O) groups is 1. The van der Waals surface area contributed by atoms with E-state index < -0.39 is 0 Å². The molecule has 1 aromatic carbocycles. The van der Waals surface area contributed by atoms with Crippen molar-refractivity contribution in [2.75, 3.05) is 7.05 Å².